The van der Waals surface area contributed by atoms with Gasteiger partial charge in [-0.2, -0.15) is 5.26 Å². The van der Waals surface area contributed by atoms with Crippen molar-refractivity contribution in [2.75, 3.05) is 0 Å². The lowest BCUT2D eigenvalue weighted by Crippen LogP contribution is -2.04. The van der Waals surface area contributed by atoms with Crippen molar-refractivity contribution >= 4 is 46.1 Å². The second-order valence-electron chi connectivity index (χ2n) is 6.04. The molecule has 2 aromatic heterocycles. The Morgan fingerprint density at radius 3 is 2.68 bits per heavy atom. The van der Waals surface area contributed by atoms with Gasteiger partial charge in [0.25, 0.3) is 5.91 Å². The summed E-state index contributed by atoms with van der Waals surface area (Å²) in [5.74, 6) is 0.862. The van der Waals surface area contributed by atoms with Gasteiger partial charge < -0.3 is 4.42 Å². The van der Waals surface area contributed by atoms with Crippen LogP contribution in [0.25, 0.3) is 28.3 Å². The van der Waals surface area contributed by atoms with E-state index < -0.39 is 0 Å². The molecule has 0 N–H and O–H groups in total. The molecule has 0 fully saturated rings. The van der Waals surface area contributed by atoms with Gasteiger partial charge in [-0.3, -0.25) is 9.36 Å². The topological polar surface area (TPSA) is 58.9 Å². The number of aromatic nitrogens is 1. The highest BCUT2D eigenvalue weighted by atomic mass is 35.5. The Morgan fingerprint density at radius 1 is 1.07 bits per heavy atom. The minimum atomic E-state index is -0.273. The van der Waals surface area contributed by atoms with Gasteiger partial charge in [-0.25, -0.2) is 0 Å². The number of hydrogen-bond donors (Lipinski definition) is 0. The zero-order chi connectivity index (χ0) is 19.7. The van der Waals surface area contributed by atoms with Crippen molar-refractivity contribution < 1.29 is 9.21 Å². The van der Waals surface area contributed by atoms with Gasteiger partial charge in [0.2, 0.25) is 0 Å². The third-order valence-electron chi connectivity index (χ3n) is 4.29. The molecule has 0 aliphatic carbocycles. The number of allylic oxidation sites excluding steroid dienone is 1. The molecular formula is C22H12Cl2N2O2. The van der Waals surface area contributed by atoms with Gasteiger partial charge in [0, 0.05) is 23.2 Å². The first-order valence-corrected chi connectivity index (χ1v) is 9.10. The highest BCUT2D eigenvalue weighted by Gasteiger charge is 2.11. The lowest BCUT2D eigenvalue weighted by molar-refractivity contribution is 0.0974. The first-order chi connectivity index (χ1) is 13.6. The second-order valence-corrected chi connectivity index (χ2v) is 6.86. The van der Waals surface area contributed by atoms with E-state index in [1.54, 1.807) is 48.7 Å². The van der Waals surface area contributed by atoms with Crippen molar-refractivity contribution in [3.8, 4) is 17.4 Å². The lowest BCUT2D eigenvalue weighted by atomic mass is 10.2. The number of nitrogens with zero attached hydrogens (tertiary/aromatic N) is 2. The van der Waals surface area contributed by atoms with Gasteiger partial charge in [0.05, 0.1) is 21.1 Å². The predicted molar refractivity (Wildman–Crippen MR) is 110 cm³/mol. The van der Waals surface area contributed by atoms with Crippen LogP contribution in [0.1, 0.15) is 16.1 Å². The number of benzene rings is 2. The zero-order valence-corrected chi connectivity index (χ0v) is 15.9. The molecule has 136 valence electrons. The largest absolute Gasteiger partial charge is 0.457 e. The van der Waals surface area contributed by atoms with Crippen LogP contribution in [0.15, 0.2) is 71.3 Å². The summed E-state index contributed by atoms with van der Waals surface area (Å²) in [5.41, 5.74) is 1.93. The van der Waals surface area contributed by atoms with Crippen LogP contribution in [0.2, 0.25) is 10.0 Å². The molecule has 0 amide bonds. The maximum absolute atomic E-state index is 12.6. The van der Waals surface area contributed by atoms with E-state index in [2.05, 4.69) is 6.07 Å². The standard InChI is InChI=1S/C22H12Cl2N2O2/c23-18-8-5-14(11-19(18)24)21-9-6-16(28-21)7-10-22(27)26-13-15(12-25)17-3-1-2-4-20(17)26/h1-11,13H/b10-7+. The normalized spacial score (nSPS) is 11.2. The molecule has 0 spiro atoms. The molecule has 4 nitrogen and oxygen atoms in total. The summed E-state index contributed by atoms with van der Waals surface area (Å²) < 4.78 is 7.21. The first-order valence-electron chi connectivity index (χ1n) is 8.34. The van der Waals surface area contributed by atoms with Gasteiger partial charge in [-0.1, -0.05) is 41.4 Å². The average Bonchev–Trinajstić information content (AvgIpc) is 3.33. The molecule has 0 unspecified atom stereocenters. The summed E-state index contributed by atoms with van der Waals surface area (Å²) in [4.78, 5) is 12.6. The Labute approximate surface area is 170 Å². The number of fused-ring (bicyclic) bond motifs is 1. The van der Waals surface area contributed by atoms with Crippen LogP contribution in [0.3, 0.4) is 0 Å². The number of carbonyl (C=O) groups excluding carboxylic acids is 1. The molecule has 0 aliphatic rings. The van der Waals surface area contributed by atoms with Crippen LogP contribution in [-0.4, -0.2) is 10.5 Å². The highest BCUT2D eigenvalue weighted by Crippen LogP contribution is 2.30. The van der Waals surface area contributed by atoms with Crippen molar-refractivity contribution in [3.05, 3.63) is 88.2 Å². The van der Waals surface area contributed by atoms with Gasteiger partial charge in [-0.15, -0.1) is 0 Å². The maximum atomic E-state index is 12.6. The monoisotopic (exact) mass is 406 g/mol. The van der Waals surface area contributed by atoms with E-state index in [9.17, 15) is 10.1 Å². The molecule has 2 aromatic carbocycles. The number of carbonyl (C=O) groups is 1. The Balaban J connectivity index is 1.60. The van der Waals surface area contributed by atoms with Gasteiger partial charge >= 0.3 is 0 Å². The summed E-state index contributed by atoms with van der Waals surface area (Å²) in [6, 6.07) is 18.2. The molecule has 0 saturated heterocycles. The molecule has 0 saturated carbocycles. The fourth-order valence-electron chi connectivity index (χ4n) is 2.93. The number of rotatable bonds is 3. The quantitative estimate of drug-likeness (QED) is 0.368. The number of halogens is 2. The van der Waals surface area contributed by atoms with E-state index in [4.69, 9.17) is 27.6 Å². The Kier molecular flexibility index (Phi) is 4.79. The Hall–Kier alpha value is -3.26. The summed E-state index contributed by atoms with van der Waals surface area (Å²) in [6.07, 6.45) is 4.54. The lowest BCUT2D eigenvalue weighted by Gasteiger charge is -2.00. The number of hydrogen-bond acceptors (Lipinski definition) is 3. The maximum Gasteiger partial charge on any atom is 0.255 e. The summed E-state index contributed by atoms with van der Waals surface area (Å²) in [7, 11) is 0. The molecule has 2 heterocycles. The fourth-order valence-corrected chi connectivity index (χ4v) is 3.23. The van der Waals surface area contributed by atoms with E-state index in [1.807, 2.05) is 18.2 Å². The molecule has 6 heteroatoms. The van der Waals surface area contributed by atoms with E-state index in [0.717, 1.165) is 10.9 Å². The Bertz CT molecular complexity index is 1280. The molecule has 4 aromatic rings. The molecule has 0 radical (unpaired) electrons. The van der Waals surface area contributed by atoms with Crippen LogP contribution >= 0.6 is 23.2 Å². The van der Waals surface area contributed by atoms with Crippen LogP contribution in [0, 0.1) is 11.3 Å². The number of para-hydroxylation sites is 1. The fraction of sp³-hybridized carbons (Fsp3) is 0. The van der Waals surface area contributed by atoms with Crippen LogP contribution in [-0.2, 0) is 0 Å². The first kappa shape index (κ1) is 18.1. The zero-order valence-electron chi connectivity index (χ0n) is 14.4. The van der Waals surface area contributed by atoms with Crippen LogP contribution in [0.4, 0.5) is 0 Å². The minimum absolute atomic E-state index is 0.273. The van der Waals surface area contributed by atoms with Crippen LogP contribution in [0.5, 0.6) is 0 Å². The highest BCUT2D eigenvalue weighted by molar-refractivity contribution is 6.42. The van der Waals surface area contributed by atoms with Gasteiger partial charge in [-0.05, 0) is 42.5 Å². The Morgan fingerprint density at radius 2 is 1.89 bits per heavy atom. The number of nitriles is 1. The molecule has 28 heavy (non-hydrogen) atoms. The van der Waals surface area contributed by atoms with E-state index in [1.165, 1.54) is 10.6 Å². The predicted octanol–water partition coefficient (Wildman–Crippen LogP) is 6.43. The second kappa shape index (κ2) is 7.40. The van der Waals surface area contributed by atoms with E-state index in [-0.39, 0.29) is 5.91 Å². The molecule has 4 rings (SSSR count). The van der Waals surface area contributed by atoms with Crippen molar-refractivity contribution in [3.63, 3.8) is 0 Å². The van der Waals surface area contributed by atoms with Crippen molar-refractivity contribution in [1.29, 1.82) is 5.26 Å². The molecule has 0 bridgehead atoms. The van der Waals surface area contributed by atoms with Crippen molar-refractivity contribution in [2.24, 2.45) is 0 Å². The molecule has 0 aliphatic heterocycles. The van der Waals surface area contributed by atoms with Crippen LogP contribution < -0.4 is 0 Å². The molecular weight excluding hydrogens is 395 g/mol. The summed E-state index contributed by atoms with van der Waals surface area (Å²) in [5, 5.41) is 10.9. The van der Waals surface area contributed by atoms with Gasteiger partial charge in [0.1, 0.15) is 17.6 Å². The van der Waals surface area contributed by atoms with E-state index in [0.29, 0.717) is 32.6 Å². The molecule has 0 atom stereocenters. The smallest absolute Gasteiger partial charge is 0.255 e. The van der Waals surface area contributed by atoms with E-state index >= 15 is 0 Å². The third kappa shape index (κ3) is 3.34. The summed E-state index contributed by atoms with van der Waals surface area (Å²) in [6.45, 7) is 0. The van der Waals surface area contributed by atoms with Gasteiger partial charge in [0.15, 0.2) is 0 Å². The minimum Gasteiger partial charge on any atom is -0.457 e. The third-order valence-corrected chi connectivity index (χ3v) is 5.03. The number of furan rings is 1. The average molecular weight is 407 g/mol. The SMILES string of the molecule is N#Cc1cn(C(=O)/C=C/c2ccc(-c3ccc(Cl)c(Cl)c3)o2)c2ccccc12. The van der Waals surface area contributed by atoms with Crippen molar-refractivity contribution in [2.45, 2.75) is 0 Å². The summed E-state index contributed by atoms with van der Waals surface area (Å²) >= 11 is 12.0. The van der Waals surface area contributed by atoms with Crippen molar-refractivity contribution in [1.82, 2.24) is 4.57 Å².